The lowest BCUT2D eigenvalue weighted by Gasteiger charge is -2.26. The number of nitrogens with one attached hydrogen (secondary N) is 3. The second kappa shape index (κ2) is 8.20. The maximum absolute atomic E-state index is 12.9. The van der Waals surface area contributed by atoms with E-state index in [1.165, 1.54) is 16.2 Å². The molecule has 178 valence electrons. The molecule has 0 atom stereocenters. The lowest BCUT2D eigenvalue weighted by Crippen LogP contribution is -2.49. The monoisotopic (exact) mass is 492 g/mol. The van der Waals surface area contributed by atoms with Crippen molar-refractivity contribution in [2.75, 3.05) is 19.6 Å². The maximum Gasteiger partial charge on any atom is 0.326 e. The van der Waals surface area contributed by atoms with Crippen LogP contribution in [0.5, 0.6) is 5.88 Å². The maximum atomic E-state index is 12.9. The zero-order valence-electron chi connectivity index (χ0n) is 18.3. The summed E-state index contributed by atoms with van der Waals surface area (Å²) in [5.74, 6) is -0.634. The Hall–Kier alpha value is -4.26. The van der Waals surface area contributed by atoms with Gasteiger partial charge in [-0.25, -0.2) is 9.78 Å². The highest BCUT2D eigenvalue weighted by atomic mass is 32.1. The van der Waals surface area contributed by atoms with Gasteiger partial charge in [0.1, 0.15) is 5.69 Å². The van der Waals surface area contributed by atoms with E-state index in [9.17, 15) is 19.5 Å². The minimum absolute atomic E-state index is 0.0454. The average Bonchev–Trinajstić information content (AvgIpc) is 3.22. The van der Waals surface area contributed by atoms with Crippen LogP contribution in [0.1, 0.15) is 28.2 Å². The zero-order valence-corrected chi connectivity index (χ0v) is 19.1. The van der Waals surface area contributed by atoms with Crippen LogP contribution in [0.15, 0.2) is 34.2 Å². The van der Waals surface area contributed by atoms with Gasteiger partial charge >= 0.3 is 5.69 Å². The highest BCUT2D eigenvalue weighted by Gasteiger charge is 2.24. The molecule has 5 heterocycles. The number of rotatable bonds is 4. The number of aromatic hydroxyl groups is 1. The summed E-state index contributed by atoms with van der Waals surface area (Å²) in [7, 11) is 0. The van der Waals surface area contributed by atoms with Crippen LogP contribution >= 0.6 is 11.3 Å². The van der Waals surface area contributed by atoms with Crippen molar-refractivity contribution in [3.8, 4) is 16.5 Å². The molecular weight excluding hydrogens is 472 g/mol. The Balaban J connectivity index is 1.44. The summed E-state index contributed by atoms with van der Waals surface area (Å²) < 4.78 is 1.63. The molecule has 1 aliphatic carbocycles. The minimum Gasteiger partial charge on any atom is -0.493 e. The van der Waals surface area contributed by atoms with Crippen LogP contribution in [0.3, 0.4) is 0 Å². The van der Waals surface area contributed by atoms with Gasteiger partial charge in [-0.2, -0.15) is 9.61 Å². The zero-order chi connectivity index (χ0) is 24.1. The van der Waals surface area contributed by atoms with Crippen molar-refractivity contribution in [2.45, 2.75) is 18.9 Å². The van der Waals surface area contributed by atoms with Crippen LogP contribution < -0.4 is 21.7 Å². The van der Waals surface area contributed by atoms with E-state index >= 15 is 0 Å². The highest BCUT2D eigenvalue weighted by molar-refractivity contribution is 7.17. The number of aromatic nitrogens is 5. The summed E-state index contributed by atoms with van der Waals surface area (Å²) in [4.78, 5) is 53.3. The second-order valence-corrected chi connectivity index (χ2v) is 9.51. The molecule has 0 unspecified atom stereocenters. The Morgan fingerprint density at radius 2 is 2.11 bits per heavy atom. The molecule has 4 aromatic heterocycles. The van der Waals surface area contributed by atoms with Crippen molar-refractivity contribution in [3.05, 3.63) is 56.2 Å². The van der Waals surface area contributed by atoms with Crippen LogP contribution in [0.2, 0.25) is 0 Å². The van der Waals surface area contributed by atoms with Crippen LogP contribution in [0.4, 0.5) is 0 Å². The van der Waals surface area contributed by atoms with Gasteiger partial charge in [0.05, 0.1) is 34.2 Å². The first-order valence-corrected chi connectivity index (χ1v) is 11.9. The van der Waals surface area contributed by atoms with Crippen LogP contribution in [-0.4, -0.2) is 72.1 Å². The first-order chi connectivity index (χ1) is 16.9. The van der Waals surface area contributed by atoms with Crippen molar-refractivity contribution in [1.29, 1.82) is 0 Å². The van der Waals surface area contributed by atoms with Crippen molar-refractivity contribution in [3.63, 3.8) is 0 Å². The number of amides is 2. The molecule has 0 bridgehead atoms. The molecule has 2 amide bonds. The summed E-state index contributed by atoms with van der Waals surface area (Å²) in [6, 6.07) is 5.65. The van der Waals surface area contributed by atoms with Crippen LogP contribution in [0.25, 0.3) is 22.3 Å². The molecule has 1 saturated carbocycles. The number of fused-ring (bicyclic) bond motifs is 1. The smallest absolute Gasteiger partial charge is 0.326 e. The number of carbonyl (C=O) groups excluding carboxylic acids is 2. The fourth-order valence-corrected chi connectivity index (χ4v) is 4.82. The molecule has 2 fully saturated rings. The average molecular weight is 493 g/mol. The molecule has 4 aromatic rings. The number of hydrogen-bond acceptors (Lipinski definition) is 8. The van der Waals surface area contributed by atoms with E-state index in [0.717, 1.165) is 17.7 Å². The molecule has 35 heavy (non-hydrogen) atoms. The number of carbonyl (C=O) groups is 2. The first kappa shape index (κ1) is 21.3. The molecule has 12 nitrogen and oxygen atoms in total. The van der Waals surface area contributed by atoms with Gasteiger partial charge < -0.3 is 20.3 Å². The summed E-state index contributed by atoms with van der Waals surface area (Å²) in [5, 5.41) is 17.7. The first-order valence-electron chi connectivity index (χ1n) is 11.1. The summed E-state index contributed by atoms with van der Waals surface area (Å²) in [6.07, 6.45) is 5.20. The van der Waals surface area contributed by atoms with E-state index in [1.54, 1.807) is 22.9 Å². The van der Waals surface area contributed by atoms with Gasteiger partial charge in [-0.05, 0) is 31.1 Å². The molecule has 4 N–H and O–H groups in total. The Bertz CT molecular complexity index is 1660. The van der Waals surface area contributed by atoms with Gasteiger partial charge in [0, 0.05) is 24.4 Å². The van der Waals surface area contributed by atoms with E-state index in [4.69, 9.17) is 9.98 Å². The Labute approximate surface area is 200 Å². The molecule has 0 spiro atoms. The van der Waals surface area contributed by atoms with Gasteiger partial charge in [-0.3, -0.25) is 19.6 Å². The van der Waals surface area contributed by atoms with Gasteiger partial charge in [0.15, 0.2) is 11.1 Å². The fraction of sp³-hybridized carbons (Fsp3) is 0.273. The third kappa shape index (κ3) is 4.10. The number of H-pyrrole nitrogens is 2. The summed E-state index contributed by atoms with van der Waals surface area (Å²) >= 11 is 1.30. The topological polar surface area (TPSA) is 161 Å². The van der Waals surface area contributed by atoms with Crippen LogP contribution in [0, 0.1) is 0 Å². The molecular formula is C22H20N8O4S. The molecule has 1 saturated heterocycles. The number of imidazole rings is 1. The SMILES string of the molecule is O=C1CN(C(=O)c2ccc(-c3cc(=NC4CC4)n4nc/c(=C\c5[nH]c(=O)[nH]c5O)c4n3)s2)CCN1. The normalized spacial score (nSPS) is 17.4. The van der Waals surface area contributed by atoms with Gasteiger partial charge in [-0.1, -0.05) is 0 Å². The second-order valence-electron chi connectivity index (χ2n) is 8.42. The van der Waals surface area contributed by atoms with Crippen molar-refractivity contribution in [1.82, 2.24) is 34.8 Å². The van der Waals surface area contributed by atoms with Crippen LogP contribution in [-0.2, 0) is 4.79 Å². The van der Waals surface area contributed by atoms with E-state index in [0.29, 0.717) is 40.0 Å². The minimum atomic E-state index is -0.523. The molecule has 0 radical (unpaired) electrons. The predicted octanol–water partition coefficient (Wildman–Crippen LogP) is -0.637. The van der Waals surface area contributed by atoms with Crippen molar-refractivity contribution in [2.24, 2.45) is 4.99 Å². The number of nitrogens with zero attached hydrogens (tertiary/aromatic N) is 5. The standard InChI is InChI=1S/C22H20N8O4S/c31-18-10-29(6-5-23-18)21(33)16-4-3-15(35-16)13-8-17(25-12-1-2-12)30-19(26-13)11(9-24-30)7-14-20(32)28-22(34)27-14/h3-4,7-9,12,32H,1-2,5-6,10H2,(H,23,31)(H2,27,28,34)/b11-7+,25-17?. The number of hydrogen-bond donors (Lipinski definition) is 4. The quantitative estimate of drug-likeness (QED) is 0.296. The third-order valence-corrected chi connectivity index (χ3v) is 6.87. The van der Waals surface area contributed by atoms with Gasteiger partial charge in [0.2, 0.25) is 11.8 Å². The number of thiophene rings is 1. The molecule has 13 heteroatoms. The van der Waals surface area contributed by atoms with E-state index in [1.807, 2.05) is 12.1 Å². The number of piperazine rings is 1. The summed E-state index contributed by atoms with van der Waals surface area (Å²) in [5.41, 5.74) is 1.45. The lowest BCUT2D eigenvalue weighted by molar-refractivity contribution is -0.123. The fourth-order valence-electron chi connectivity index (χ4n) is 3.88. The molecule has 2 aliphatic rings. The highest BCUT2D eigenvalue weighted by Crippen LogP contribution is 2.28. The van der Waals surface area contributed by atoms with Crippen molar-refractivity contribution >= 4 is 34.9 Å². The Kier molecular flexibility index (Phi) is 4.99. The Morgan fingerprint density at radius 3 is 2.86 bits per heavy atom. The molecule has 0 aromatic carbocycles. The summed E-state index contributed by atoms with van der Waals surface area (Å²) in [6.45, 7) is 0.953. The predicted molar refractivity (Wildman–Crippen MR) is 126 cm³/mol. The van der Waals surface area contributed by atoms with E-state index in [2.05, 4.69) is 20.4 Å². The largest absolute Gasteiger partial charge is 0.493 e. The molecule has 6 rings (SSSR count). The molecule has 1 aliphatic heterocycles. The third-order valence-electron chi connectivity index (χ3n) is 5.77. The van der Waals surface area contributed by atoms with Gasteiger partial charge in [0.25, 0.3) is 5.91 Å². The van der Waals surface area contributed by atoms with E-state index < -0.39 is 5.69 Å². The van der Waals surface area contributed by atoms with Crippen molar-refractivity contribution < 1.29 is 14.7 Å². The number of aromatic amines is 2. The van der Waals surface area contributed by atoms with E-state index in [-0.39, 0.29) is 36.0 Å². The lowest BCUT2D eigenvalue weighted by atomic mass is 10.3. The van der Waals surface area contributed by atoms with Gasteiger partial charge in [-0.15, -0.1) is 11.3 Å². The Morgan fingerprint density at radius 1 is 1.26 bits per heavy atom.